The molecular formula is C21H32N2O6. The van der Waals surface area contributed by atoms with E-state index in [2.05, 4.69) is 10.6 Å². The number of carbonyl (C=O) groups is 3. The second-order valence-corrected chi connectivity index (χ2v) is 8.19. The molecule has 0 radical (unpaired) electrons. The van der Waals surface area contributed by atoms with Crippen molar-refractivity contribution >= 4 is 18.0 Å². The molecule has 0 spiro atoms. The zero-order valence-electron chi connectivity index (χ0n) is 17.9. The summed E-state index contributed by atoms with van der Waals surface area (Å²) in [5.74, 6) is -1.55. The van der Waals surface area contributed by atoms with E-state index in [1.807, 2.05) is 18.2 Å². The SMILES string of the molecule is CC(C)[C@H](NC(=O)[C@H](NC(=O)OCc1ccccc1)[C@H](C)O)C(=O)OC(C)(C)C. The molecule has 0 fully saturated rings. The van der Waals surface area contributed by atoms with Crippen LogP contribution in [0.5, 0.6) is 0 Å². The highest BCUT2D eigenvalue weighted by molar-refractivity contribution is 5.90. The Hall–Kier alpha value is -2.61. The predicted molar refractivity (Wildman–Crippen MR) is 108 cm³/mol. The van der Waals surface area contributed by atoms with Gasteiger partial charge in [-0.1, -0.05) is 44.2 Å². The molecule has 0 saturated carbocycles. The molecule has 29 heavy (non-hydrogen) atoms. The van der Waals surface area contributed by atoms with E-state index in [0.717, 1.165) is 5.56 Å². The topological polar surface area (TPSA) is 114 Å². The molecule has 1 aromatic rings. The minimum absolute atomic E-state index is 0.0212. The van der Waals surface area contributed by atoms with Gasteiger partial charge in [-0.2, -0.15) is 0 Å². The van der Waals surface area contributed by atoms with Gasteiger partial charge in [0, 0.05) is 0 Å². The molecule has 1 aromatic carbocycles. The molecule has 0 aliphatic heterocycles. The van der Waals surface area contributed by atoms with Crippen molar-refractivity contribution in [1.82, 2.24) is 10.6 Å². The lowest BCUT2D eigenvalue weighted by Crippen LogP contribution is -2.57. The second kappa shape index (κ2) is 10.8. The molecule has 3 N–H and O–H groups in total. The predicted octanol–water partition coefficient (Wildman–Crippen LogP) is 2.14. The summed E-state index contributed by atoms with van der Waals surface area (Å²) in [5, 5.41) is 14.8. The minimum atomic E-state index is -1.29. The Balaban J connectivity index is 2.74. The first-order chi connectivity index (χ1) is 13.4. The number of benzene rings is 1. The van der Waals surface area contributed by atoms with Crippen molar-refractivity contribution in [2.75, 3.05) is 0 Å². The van der Waals surface area contributed by atoms with Crippen molar-refractivity contribution in [2.24, 2.45) is 5.92 Å². The summed E-state index contributed by atoms with van der Waals surface area (Å²) in [4.78, 5) is 37.1. The lowest BCUT2D eigenvalue weighted by molar-refractivity contribution is -0.160. The van der Waals surface area contributed by atoms with Gasteiger partial charge in [-0.25, -0.2) is 9.59 Å². The van der Waals surface area contributed by atoms with Crippen LogP contribution < -0.4 is 10.6 Å². The second-order valence-electron chi connectivity index (χ2n) is 8.19. The molecule has 0 heterocycles. The van der Waals surface area contributed by atoms with Crippen LogP contribution in [-0.4, -0.2) is 46.9 Å². The lowest BCUT2D eigenvalue weighted by atomic mass is 10.0. The number of aliphatic hydroxyl groups excluding tert-OH is 1. The van der Waals surface area contributed by atoms with Crippen molar-refractivity contribution in [3.63, 3.8) is 0 Å². The highest BCUT2D eigenvalue weighted by Gasteiger charge is 2.33. The van der Waals surface area contributed by atoms with Crippen LogP contribution in [0, 0.1) is 5.92 Å². The highest BCUT2D eigenvalue weighted by atomic mass is 16.6. The maximum Gasteiger partial charge on any atom is 0.408 e. The van der Waals surface area contributed by atoms with E-state index in [9.17, 15) is 19.5 Å². The zero-order chi connectivity index (χ0) is 22.2. The van der Waals surface area contributed by atoms with E-state index < -0.39 is 41.8 Å². The van der Waals surface area contributed by atoms with E-state index in [-0.39, 0.29) is 12.5 Å². The smallest absolute Gasteiger partial charge is 0.408 e. The molecule has 2 amide bonds. The number of nitrogens with one attached hydrogen (secondary N) is 2. The van der Waals surface area contributed by atoms with E-state index in [0.29, 0.717) is 0 Å². The number of hydrogen-bond acceptors (Lipinski definition) is 6. The molecule has 162 valence electrons. The molecule has 0 saturated heterocycles. The molecule has 0 aliphatic carbocycles. The van der Waals surface area contributed by atoms with E-state index >= 15 is 0 Å². The first-order valence-corrected chi connectivity index (χ1v) is 9.59. The van der Waals surface area contributed by atoms with Crippen molar-refractivity contribution in [2.45, 2.75) is 71.9 Å². The van der Waals surface area contributed by atoms with E-state index in [1.54, 1.807) is 46.8 Å². The number of esters is 1. The van der Waals surface area contributed by atoms with Gasteiger partial charge in [0.25, 0.3) is 0 Å². The van der Waals surface area contributed by atoms with Crippen LogP contribution in [-0.2, 0) is 25.7 Å². The van der Waals surface area contributed by atoms with Gasteiger partial charge in [0.15, 0.2) is 0 Å². The van der Waals surface area contributed by atoms with Gasteiger partial charge >= 0.3 is 12.1 Å². The Kier molecular flexibility index (Phi) is 9.10. The molecule has 1 rings (SSSR count). The maximum absolute atomic E-state index is 12.6. The number of carbonyl (C=O) groups excluding carboxylic acids is 3. The molecule has 8 nitrogen and oxygen atoms in total. The third kappa shape index (κ3) is 8.95. The molecule has 8 heteroatoms. The summed E-state index contributed by atoms with van der Waals surface area (Å²) in [5.41, 5.74) is 0.0727. The molecule has 0 aliphatic rings. The Labute approximate surface area is 172 Å². The molecule has 0 bridgehead atoms. The van der Waals surface area contributed by atoms with Gasteiger partial charge in [0.1, 0.15) is 24.3 Å². The Morgan fingerprint density at radius 3 is 2.07 bits per heavy atom. The van der Waals surface area contributed by atoms with Gasteiger partial charge in [0.05, 0.1) is 6.10 Å². The van der Waals surface area contributed by atoms with E-state index in [4.69, 9.17) is 9.47 Å². The fourth-order valence-electron chi connectivity index (χ4n) is 2.40. The summed E-state index contributed by atoms with van der Waals surface area (Å²) in [7, 11) is 0. The monoisotopic (exact) mass is 408 g/mol. The average molecular weight is 408 g/mol. The largest absolute Gasteiger partial charge is 0.458 e. The third-order valence-electron chi connectivity index (χ3n) is 3.88. The molecule has 0 unspecified atom stereocenters. The number of aliphatic hydroxyl groups is 1. The Bertz CT molecular complexity index is 682. The van der Waals surface area contributed by atoms with Crippen molar-refractivity contribution in [3.8, 4) is 0 Å². The molecule has 0 aromatic heterocycles. The average Bonchev–Trinajstić information content (AvgIpc) is 2.61. The van der Waals surface area contributed by atoms with Crippen LogP contribution in [0.1, 0.15) is 47.1 Å². The summed E-state index contributed by atoms with van der Waals surface area (Å²) < 4.78 is 10.4. The van der Waals surface area contributed by atoms with Gasteiger partial charge < -0.3 is 25.2 Å². The van der Waals surface area contributed by atoms with Crippen molar-refractivity contribution < 1.29 is 29.0 Å². The number of ether oxygens (including phenoxy) is 2. The van der Waals surface area contributed by atoms with Gasteiger partial charge in [-0.05, 0) is 39.2 Å². The number of amides is 2. The van der Waals surface area contributed by atoms with Crippen molar-refractivity contribution in [1.29, 1.82) is 0 Å². The summed E-state index contributed by atoms with van der Waals surface area (Å²) in [6.45, 7) is 10.1. The normalized spacial score (nSPS) is 14.5. The van der Waals surface area contributed by atoms with Crippen LogP contribution in [0.25, 0.3) is 0 Å². The first kappa shape index (κ1) is 24.4. The van der Waals surface area contributed by atoms with Crippen LogP contribution in [0.15, 0.2) is 30.3 Å². The van der Waals surface area contributed by atoms with Crippen LogP contribution in [0.2, 0.25) is 0 Å². The number of hydrogen-bond donors (Lipinski definition) is 3. The third-order valence-corrected chi connectivity index (χ3v) is 3.88. The van der Waals surface area contributed by atoms with Crippen LogP contribution in [0.3, 0.4) is 0 Å². The Morgan fingerprint density at radius 2 is 1.59 bits per heavy atom. The highest BCUT2D eigenvalue weighted by Crippen LogP contribution is 2.13. The first-order valence-electron chi connectivity index (χ1n) is 9.59. The van der Waals surface area contributed by atoms with E-state index in [1.165, 1.54) is 6.92 Å². The van der Waals surface area contributed by atoms with Gasteiger partial charge in [0.2, 0.25) is 5.91 Å². The lowest BCUT2D eigenvalue weighted by Gasteiger charge is -2.28. The standard InChI is InChI=1S/C21H32N2O6/c1-13(2)16(19(26)29-21(4,5)6)22-18(25)17(14(3)24)23-20(27)28-12-15-10-8-7-9-11-15/h7-11,13-14,16-17,24H,12H2,1-6H3,(H,22,25)(H,23,27)/t14-,16-,17+/m0/s1. The summed E-state index contributed by atoms with van der Waals surface area (Å²) in [6.07, 6.45) is -2.06. The van der Waals surface area contributed by atoms with Gasteiger partial charge in [-0.3, -0.25) is 4.79 Å². The number of rotatable bonds is 8. The van der Waals surface area contributed by atoms with Crippen molar-refractivity contribution in [3.05, 3.63) is 35.9 Å². The van der Waals surface area contributed by atoms with Crippen LogP contribution in [0.4, 0.5) is 4.79 Å². The summed E-state index contributed by atoms with van der Waals surface area (Å²) in [6, 6.07) is 6.83. The molecular weight excluding hydrogens is 376 g/mol. The fourth-order valence-corrected chi connectivity index (χ4v) is 2.40. The minimum Gasteiger partial charge on any atom is -0.458 e. The maximum atomic E-state index is 12.6. The number of alkyl carbamates (subject to hydrolysis) is 1. The van der Waals surface area contributed by atoms with Gasteiger partial charge in [-0.15, -0.1) is 0 Å². The zero-order valence-corrected chi connectivity index (χ0v) is 17.9. The molecule has 3 atom stereocenters. The Morgan fingerprint density at radius 1 is 1.00 bits per heavy atom. The quantitative estimate of drug-likeness (QED) is 0.568. The van der Waals surface area contributed by atoms with Crippen LogP contribution >= 0.6 is 0 Å². The summed E-state index contributed by atoms with van der Waals surface area (Å²) >= 11 is 0. The fraction of sp³-hybridized carbons (Fsp3) is 0.571.